The largest absolute Gasteiger partial charge is 0.493 e. The van der Waals surface area contributed by atoms with Crippen molar-refractivity contribution in [3.05, 3.63) is 75.1 Å². The molecule has 2 aromatic carbocycles. The highest BCUT2D eigenvalue weighted by Crippen LogP contribution is 2.44. The van der Waals surface area contributed by atoms with Gasteiger partial charge in [0, 0.05) is 29.3 Å². The summed E-state index contributed by atoms with van der Waals surface area (Å²) in [5.41, 5.74) is 6.69. The maximum absolute atomic E-state index is 13.2. The maximum Gasteiger partial charge on any atom is 0.336 e. The van der Waals surface area contributed by atoms with Gasteiger partial charge in [-0.15, -0.1) is 0 Å². The Balaban J connectivity index is 1.80. The van der Waals surface area contributed by atoms with Gasteiger partial charge < -0.3 is 24.3 Å². The predicted molar refractivity (Wildman–Crippen MR) is 141 cm³/mol. The molecule has 196 valence electrons. The first-order valence-corrected chi connectivity index (χ1v) is 12.7. The van der Waals surface area contributed by atoms with E-state index < -0.39 is 11.9 Å². The van der Waals surface area contributed by atoms with E-state index in [0.29, 0.717) is 34.8 Å². The third kappa shape index (κ3) is 5.08. The number of Topliss-reactive ketones (excluding diaryl/α,β-unsaturated/α-hetero) is 1. The van der Waals surface area contributed by atoms with Gasteiger partial charge >= 0.3 is 5.97 Å². The Hall–Kier alpha value is -3.74. The lowest BCUT2D eigenvalue weighted by atomic mass is 9.73. The second-order valence-corrected chi connectivity index (χ2v) is 9.40. The van der Waals surface area contributed by atoms with Crippen molar-refractivity contribution in [3.63, 3.8) is 0 Å². The summed E-state index contributed by atoms with van der Waals surface area (Å²) in [7, 11) is 3.18. The third-order valence-electron chi connectivity index (χ3n) is 7.06. The number of carbonyl (C=O) groups excluding carboxylic acids is 2. The van der Waals surface area contributed by atoms with Crippen molar-refractivity contribution in [1.29, 1.82) is 0 Å². The highest BCUT2D eigenvalue weighted by atomic mass is 16.5. The lowest BCUT2D eigenvalue weighted by Gasteiger charge is -2.35. The van der Waals surface area contributed by atoms with Crippen LogP contribution < -0.4 is 19.5 Å². The number of ketones is 1. The number of rotatable bonds is 8. The Morgan fingerprint density at radius 2 is 1.73 bits per heavy atom. The zero-order valence-electron chi connectivity index (χ0n) is 22.4. The molecule has 1 atom stereocenters. The van der Waals surface area contributed by atoms with Gasteiger partial charge in [-0.25, -0.2) is 4.79 Å². The number of methoxy groups -OCH3 is 2. The molecule has 0 saturated carbocycles. The highest BCUT2D eigenvalue weighted by Gasteiger charge is 2.39. The van der Waals surface area contributed by atoms with Crippen molar-refractivity contribution < 1.29 is 28.5 Å². The fourth-order valence-electron chi connectivity index (χ4n) is 5.27. The van der Waals surface area contributed by atoms with E-state index >= 15 is 0 Å². The molecule has 37 heavy (non-hydrogen) atoms. The van der Waals surface area contributed by atoms with Crippen LogP contribution in [0.2, 0.25) is 0 Å². The molecule has 1 heterocycles. The van der Waals surface area contributed by atoms with E-state index in [2.05, 4.69) is 17.4 Å². The predicted octanol–water partition coefficient (Wildman–Crippen LogP) is 5.43. The molecule has 1 aliphatic carbocycles. The molecule has 0 aromatic heterocycles. The Kier molecular flexibility index (Phi) is 7.91. The molecule has 1 aliphatic heterocycles. The minimum absolute atomic E-state index is 0.0737. The van der Waals surface area contributed by atoms with Crippen LogP contribution in [0.3, 0.4) is 0 Å². The Bertz CT molecular complexity index is 1270. The van der Waals surface area contributed by atoms with Crippen LogP contribution in [-0.2, 0) is 20.9 Å². The molecule has 0 fully saturated rings. The minimum Gasteiger partial charge on any atom is -0.493 e. The summed E-state index contributed by atoms with van der Waals surface area (Å²) in [5, 5.41) is 3.34. The number of hydrogen-bond donors (Lipinski definition) is 1. The number of nitrogens with one attached hydrogen (secondary N) is 1. The number of esters is 1. The van der Waals surface area contributed by atoms with Gasteiger partial charge in [0.1, 0.15) is 6.61 Å². The molecule has 7 heteroatoms. The van der Waals surface area contributed by atoms with Crippen molar-refractivity contribution in [3.8, 4) is 17.2 Å². The lowest BCUT2D eigenvalue weighted by molar-refractivity contribution is -0.138. The molecular formula is C30H35NO6. The van der Waals surface area contributed by atoms with E-state index in [1.54, 1.807) is 21.1 Å². The zero-order valence-corrected chi connectivity index (χ0v) is 22.4. The normalized spacial score (nSPS) is 17.2. The van der Waals surface area contributed by atoms with Crippen molar-refractivity contribution in [2.45, 2.75) is 59.5 Å². The van der Waals surface area contributed by atoms with Crippen molar-refractivity contribution >= 4 is 11.8 Å². The summed E-state index contributed by atoms with van der Waals surface area (Å²) in [6, 6.07) is 9.63. The van der Waals surface area contributed by atoms with Gasteiger partial charge in [0.05, 0.1) is 26.4 Å². The van der Waals surface area contributed by atoms with Crippen LogP contribution in [0.1, 0.15) is 61.3 Å². The SMILES string of the molecule is CCOC(=O)C1=C(C)NC2=C(C(=O)CCC2)C1c1cc(COc2c(OC)cccc2OC)c(C)cc1C. The lowest BCUT2D eigenvalue weighted by Crippen LogP contribution is -2.34. The summed E-state index contributed by atoms with van der Waals surface area (Å²) in [5.74, 6) is 0.847. The van der Waals surface area contributed by atoms with E-state index in [1.807, 2.05) is 39.0 Å². The second kappa shape index (κ2) is 11.1. The summed E-state index contributed by atoms with van der Waals surface area (Å²) in [6.07, 6.45) is 2.05. The van der Waals surface area contributed by atoms with Crippen LogP contribution in [0.15, 0.2) is 52.9 Å². The van der Waals surface area contributed by atoms with E-state index in [4.69, 9.17) is 18.9 Å². The molecule has 0 bridgehead atoms. The highest BCUT2D eigenvalue weighted by molar-refractivity contribution is 6.03. The van der Waals surface area contributed by atoms with Gasteiger partial charge in [-0.3, -0.25) is 4.79 Å². The first-order valence-electron chi connectivity index (χ1n) is 12.7. The number of para-hydroxylation sites is 1. The average Bonchev–Trinajstić information content (AvgIpc) is 2.87. The van der Waals surface area contributed by atoms with E-state index in [0.717, 1.165) is 46.5 Å². The smallest absolute Gasteiger partial charge is 0.336 e. The molecule has 4 rings (SSSR count). The molecule has 2 aromatic rings. The van der Waals surface area contributed by atoms with Gasteiger partial charge in [0.25, 0.3) is 0 Å². The topological polar surface area (TPSA) is 83.1 Å². The summed E-state index contributed by atoms with van der Waals surface area (Å²) >= 11 is 0. The Morgan fingerprint density at radius 3 is 2.38 bits per heavy atom. The van der Waals surface area contributed by atoms with Crippen molar-refractivity contribution in [2.24, 2.45) is 0 Å². The molecule has 2 aliphatic rings. The van der Waals surface area contributed by atoms with Crippen molar-refractivity contribution in [1.82, 2.24) is 5.32 Å². The molecule has 0 saturated heterocycles. The number of dihydropyridines is 1. The first kappa shape index (κ1) is 26.3. The molecule has 1 unspecified atom stereocenters. The minimum atomic E-state index is -0.497. The average molecular weight is 506 g/mol. The van der Waals surface area contributed by atoms with Gasteiger partial charge in [-0.1, -0.05) is 18.2 Å². The third-order valence-corrected chi connectivity index (χ3v) is 7.06. The van der Waals surface area contributed by atoms with E-state index in [1.165, 1.54) is 0 Å². The Morgan fingerprint density at radius 1 is 1.03 bits per heavy atom. The summed E-state index contributed by atoms with van der Waals surface area (Å²) < 4.78 is 22.6. The molecule has 0 spiro atoms. The van der Waals surface area contributed by atoms with Crippen LogP contribution in [0.4, 0.5) is 0 Å². The van der Waals surface area contributed by atoms with Crippen LogP contribution in [-0.4, -0.2) is 32.6 Å². The van der Waals surface area contributed by atoms with E-state index in [9.17, 15) is 9.59 Å². The van der Waals surface area contributed by atoms with Gasteiger partial charge in [-0.05, 0) is 74.9 Å². The van der Waals surface area contributed by atoms with Gasteiger partial charge in [0.15, 0.2) is 17.3 Å². The first-order chi connectivity index (χ1) is 17.8. The molecule has 1 N–H and O–H groups in total. The second-order valence-electron chi connectivity index (χ2n) is 9.40. The number of carbonyl (C=O) groups is 2. The Labute approximate surface area is 218 Å². The number of hydrogen-bond acceptors (Lipinski definition) is 7. The number of allylic oxidation sites excluding steroid dienone is 3. The monoisotopic (exact) mass is 505 g/mol. The fraction of sp³-hybridized carbons (Fsp3) is 0.400. The molecular weight excluding hydrogens is 470 g/mol. The summed E-state index contributed by atoms with van der Waals surface area (Å²) in [4.78, 5) is 26.4. The quantitative estimate of drug-likeness (QED) is 0.479. The molecule has 0 radical (unpaired) electrons. The standard InChI is InChI=1S/C30H35NO6/c1-7-36-30(33)26-19(4)31-22-10-8-11-23(32)28(22)27(26)21-15-20(17(2)14-18(21)3)16-37-29-24(34-5)12-9-13-25(29)35-6/h9,12-15,27,31H,7-8,10-11,16H2,1-6H3. The van der Waals surface area contributed by atoms with Crippen LogP contribution in [0, 0.1) is 13.8 Å². The van der Waals surface area contributed by atoms with Crippen LogP contribution >= 0.6 is 0 Å². The van der Waals surface area contributed by atoms with Crippen molar-refractivity contribution in [2.75, 3.05) is 20.8 Å². The van der Waals surface area contributed by atoms with Crippen LogP contribution in [0.25, 0.3) is 0 Å². The summed E-state index contributed by atoms with van der Waals surface area (Å²) in [6.45, 7) is 8.23. The maximum atomic E-state index is 13.2. The van der Waals surface area contributed by atoms with Crippen LogP contribution in [0.5, 0.6) is 17.2 Å². The zero-order chi connectivity index (χ0) is 26.7. The number of aryl methyl sites for hydroxylation is 2. The number of benzene rings is 2. The van der Waals surface area contributed by atoms with E-state index in [-0.39, 0.29) is 19.0 Å². The number of ether oxygens (including phenoxy) is 4. The van der Waals surface area contributed by atoms with Gasteiger partial charge in [-0.2, -0.15) is 0 Å². The fourth-order valence-corrected chi connectivity index (χ4v) is 5.27. The molecule has 0 amide bonds. The molecule has 7 nitrogen and oxygen atoms in total. The van der Waals surface area contributed by atoms with Gasteiger partial charge in [0.2, 0.25) is 5.75 Å².